The van der Waals surface area contributed by atoms with Gasteiger partial charge in [-0.1, -0.05) is 0 Å². The summed E-state index contributed by atoms with van der Waals surface area (Å²) in [4.78, 5) is 21.7. The molecule has 1 heterocycles. The molecule has 0 saturated heterocycles. The van der Waals surface area contributed by atoms with E-state index in [1.54, 1.807) is 4.57 Å². The van der Waals surface area contributed by atoms with Gasteiger partial charge in [0, 0.05) is 18.2 Å². The van der Waals surface area contributed by atoms with Crippen LogP contribution in [0.2, 0.25) is 0 Å². The van der Waals surface area contributed by atoms with Crippen LogP contribution in [0.15, 0.2) is 24.5 Å². The number of benzene rings is 1. The van der Waals surface area contributed by atoms with Gasteiger partial charge in [-0.15, -0.1) is 10.2 Å². The minimum Gasteiger partial charge on any atom is -0.345 e. The zero-order chi connectivity index (χ0) is 15.4. The first-order valence-electron chi connectivity index (χ1n) is 6.11. The van der Waals surface area contributed by atoms with Crippen molar-refractivity contribution >= 4 is 11.6 Å². The number of carbonyl (C=O) groups excluding carboxylic acids is 1. The highest BCUT2D eigenvalue weighted by Gasteiger charge is 2.17. The van der Waals surface area contributed by atoms with Gasteiger partial charge in [-0.25, -0.2) is 0 Å². The van der Waals surface area contributed by atoms with Crippen LogP contribution in [0.4, 0.5) is 10.1 Å². The van der Waals surface area contributed by atoms with Crippen molar-refractivity contribution in [3.8, 4) is 0 Å². The van der Waals surface area contributed by atoms with Gasteiger partial charge in [0.2, 0.25) is 5.82 Å². The number of amides is 1. The Balaban J connectivity index is 2.10. The molecule has 9 heteroatoms. The van der Waals surface area contributed by atoms with Crippen molar-refractivity contribution in [2.75, 3.05) is 0 Å². The van der Waals surface area contributed by atoms with Gasteiger partial charge in [0.1, 0.15) is 6.33 Å². The number of nitro benzene ring substituents is 1. The van der Waals surface area contributed by atoms with Crippen LogP contribution in [0.25, 0.3) is 0 Å². The standard InChI is InChI=1S/C12H12FN5O3/c1-2-17-7-15-16-11(17)6-14-12(19)8-3-4-9(13)10(5-8)18(20)21/h3-5,7H,2,6H2,1H3,(H,14,19). The van der Waals surface area contributed by atoms with Crippen LogP contribution < -0.4 is 5.32 Å². The Morgan fingerprint density at radius 1 is 1.52 bits per heavy atom. The maximum absolute atomic E-state index is 13.2. The Morgan fingerprint density at radius 2 is 2.29 bits per heavy atom. The maximum atomic E-state index is 13.2. The van der Waals surface area contributed by atoms with Crippen molar-refractivity contribution in [1.29, 1.82) is 0 Å². The van der Waals surface area contributed by atoms with Gasteiger partial charge in [0.15, 0.2) is 5.82 Å². The fraction of sp³-hybridized carbons (Fsp3) is 0.250. The Labute approximate surface area is 118 Å². The zero-order valence-electron chi connectivity index (χ0n) is 11.1. The molecule has 0 aliphatic heterocycles. The molecular weight excluding hydrogens is 281 g/mol. The Hall–Kier alpha value is -2.84. The normalized spacial score (nSPS) is 10.4. The third kappa shape index (κ3) is 3.19. The van der Waals surface area contributed by atoms with E-state index in [4.69, 9.17) is 0 Å². The van der Waals surface area contributed by atoms with E-state index in [0.29, 0.717) is 12.4 Å². The average Bonchev–Trinajstić information content (AvgIpc) is 2.92. The number of nitrogens with zero attached hydrogens (tertiary/aromatic N) is 4. The van der Waals surface area contributed by atoms with Crippen LogP contribution in [0, 0.1) is 15.9 Å². The lowest BCUT2D eigenvalue weighted by Crippen LogP contribution is -2.24. The van der Waals surface area contributed by atoms with Crippen LogP contribution in [-0.2, 0) is 13.1 Å². The maximum Gasteiger partial charge on any atom is 0.305 e. The molecule has 0 aliphatic carbocycles. The number of nitrogens with one attached hydrogen (secondary N) is 1. The molecule has 1 amide bonds. The van der Waals surface area contributed by atoms with Gasteiger partial charge in [0.05, 0.1) is 11.5 Å². The Kier molecular flexibility index (Phi) is 4.21. The van der Waals surface area contributed by atoms with Crippen molar-refractivity contribution in [2.45, 2.75) is 20.0 Å². The molecule has 0 bridgehead atoms. The van der Waals surface area contributed by atoms with E-state index in [1.807, 2.05) is 6.92 Å². The van der Waals surface area contributed by atoms with Crippen LogP contribution >= 0.6 is 0 Å². The summed E-state index contributed by atoms with van der Waals surface area (Å²) in [5.41, 5.74) is -0.731. The van der Waals surface area contributed by atoms with E-state index in [9.17, 15) is 19.3 Å². The number of nitro groups is 1. The number of halogens is 1. The van der Waals surface area contributed by atoms with Crippen molar-refractivity contribution in [3.05, 3.63) is 51.8 Å². The molecule has 0 saturated carbocycles. The topological polar surface area (TPSA) is 103 Å². The van der Waals surface area contributed by atoms with E-state index in [-0.39, 0.29) is 12.1 Å². The third-order valence-corrected chi connectivity index (χ3v) is 2.85. The molecule has 2 aromatic rings. The van der Waals surface area contributed by atoms with Crippen LogP contribution in [-0.4, -0.2) is 25.6 Å². The SMILES string of the molecule is CCn1cnnc1CNC(=O)c1ccc(F)c([N+](=O)[O-])c1. The number of aryl methyl sites for hydroxylation is 1. The second kappa shape index (κ2) is 6.07. The predicted octanol–water partition coefficient (Wildman–Crippen LogP) is 1.28. The largest absolute Gasteiger partial charge is 0.345 e. The monoisotopic (exact) mass is 293 g/mol. The van der Waals surface area contributed by atoms with E-state index in [0.717, 1.165) is 12.1 Å². The predicted molar refractivity (Wildman–Crippen MR) is 69.9 cm³/mol. The van der Waals surface area contributed by atoms with E-state index in [1.165, 1.54) is 12.4 Å². The van der Waals surface area contributed by atoms with Gasteiger partial charge in [-0.2, -0.15) is 4.39 Å². The first-order chi connectivity index (χ1) is 10.0. The average molecular weight is 293 g/mol. The van der Waals surface area contributed by atoms with Gasteiger partial charge >= 0.3 is 5.69 Å². The Morgan fingerprint density at radius 3 is 2.95 bits per heavy atom. The summed E-state index contributed by atoms with van der Waals surface area (Å²) in [5, 5.41) is 20.7. The minimum absolute atomic E-state index is 0.00524. The first kappa shape index (κ1) is 14.6. The van der Waals surface area contributed by atoms with Crippen molar-refractivity contribution in [2.24, 2.45) is 0 Å². The fourth-order valence-electron chi connectivity index (χ4n) is 1.74. The molecule has 110 valence electrons. The molecule has 0 spiro atoms. The highest BCUT2D eigenvalue weighted by atomic mass is 19.1. The molecule has 0 unspecified atom stereocenters. The highest BCUT2D eigenvalue weighted by molar-refractivity contribution is 5.94. The molecule has 0 radical (unpaired) electrons. The smallest absolute Gasteiger partial charge is 0.305 e. The summed E-state index contributed by atoms with van der Waals surface area (Å²) in [6.45, 7) is 2.68. The van der Waals surface area contributed by atoms with Crippen molar-refractivity contribution in [1.82, 2.24) is 20.1 Å². The molecule has 1 aromatic heterocycles. The second-order valence-electron chi connectivity index (χ2n) is 4.14. The van der Waals surface area contributed by atoms with Gasteiger partial charge < -0.3 is 9.88 Å². The number of aromatic nitrogens is 3. The number of rotatable bonds is 5. The Bertz CT molecular complexity index is 685. The summed E-state index contributed by atoms with van der Waals surface area (Å²) in [5.74, 6) is -0.978. The molecule has 1 aromatic carbocycles. The van der Waals surface area contributed by atoms with E-state index in [2.05, 4.69) is 15.5 Å². The van der Waals surface area contributed by atoms with Gasteiger partial charge in [-0.05, 0) is 19.1 Å². The second-order valence-corrected chi connectivity index (χ2v) is 4.14. The molecular formula is C12H12FN5O3. The molecule has 0 atom stereocenters. The van der Waals surface area contributed by atoms with Gasteiger partial charge in [-0.3, -0.25) is 14.9 Å². The fourth-order valence-corrected chi connectivity index (χ4v) is 1.74. The number of hydrogen-bond acceptors (Lipinski definition) is 5. The molecule has 21 heavy (non-hydrogen) atoms. The summed E-state index contributed by atoms with van der Waals surface area (Å²) >= 11 is 0. The van der Waals surface area contributed by atoms with Crippen molar-refractivity contribution < 1.29 is 14.1 Å². The van der Waals surface area contributed by atoms with Gasteiger partial charge in [0.25, 0.3) is 5.91 Å². The quantitative estimate of drug-likeness (QED) is 0.660. The number of hydrogen-bond donors (Lipinski definition) is 1. The summed E-state index contributed by atoms with van der Waals surface area (Å²) in [6, 6.07) is 2.97. The lowest BCUT2D eigenvalue weighted by molar-refractivity contribution is -0.387. The van der Waals surface area contributed by atoms with Crippen LogP contribution in [0.1, 0.15) is 23.1 Å². The minimum atomic E-state index is -0.984. The summed E-state index contributed by atoms with van der Waals surface area (Å²) in [7, 11) is 0. The molecule has 8 nitrogen and oxygen atoms in total. The molecule has 0 fully saturated rings. The van der Waals surface area contributed by atoms with Crippen LogP contribution in [0.3, 0.4) is 0 Å². The first-order valence-corrected chi connectivity index (χ1v) is 6.11. The summed E-state index contributed by atoms with van der Waals surface area (Å²) in [6.07, 6.45) is 1.53. The van der Waals surface area contributed by atoms with Crippen molar-refractivity contribution in [3.63, 3.8) is 0 Å². The molecule has 0 aliphatic rings. The van der Waals surface area contributed by atoms with Crippen LogP contribution in [0.5, 0.6) is 0 Å². The summed E-state index contributed by atoms with van der Waals surface area (Å²) < 4.78 is 14.9. The highest BCUT2D eigenvalue weighted by Crippen LogP contribution is 2.18. The molecule has 2 rings (SSSR count). The zero-order valence-corrected chi connectivity index (χ0v) is 11.1. The van der Waals surface area contributed by atoms with E-state index >= 15 is 0 Å². The molecule has 1 N–H and O–H groups in total. The van der Waals surface area contributed by atoms with E-state index < -0.39 is 22.3 Å². The number of carbonyl (C=O) groups is 1. The lowest BCUT2D eigenvalue weighted by Gasteiger charge is -2.06. The third-order valence-electron chi connectivity index (χ3n) is 2.85. The lowest BCUT2D eigenvalue weighted by atomic mass is 10.2.